The van der Waals surface area contributed by atoms with Gasteiger partial charge in [-0.1, -0.05) is 30.3 Å². The van der Waals surface area contributed by atoms with Gasteiger partial charge in [0.2, 0.25) is 11.3 Å². The SMILES string of the molecule is Cc1cc(-c2ccccc2)nc2oc3c(=O)n(N)cnc3c12. The van der Waals surface area contributed by atoms with E-state index in [1.54, 1.807) is 0 Å². The second kappa shape index (κ2) is 4.42. The highest BCUT2D eigenvalue weighted by Gasteiger charge is 2.17. The number of pyridine rings is 1. The fraction of sp³-hybridized carbons (Fsp3) is 0.0625. The first-order valence-corrected chi connectivity index (χ1v) is 6.77. The van der Waals surface area contributed by atoms with Gasteiger partial charge in [0, 0.05) is 5.56 Å². The lowest BCUT2D eigenvalue weighted by atomic mass is 10.1. The molecule has 6 nitrogen and oxygen atoms in total. The average molecular weight is 292 g/mol. The van der Waals surface area contributed by atoms with Gasteiger partial charge in [-0.2, -0.15) is 0 Å². The van der Waals surface area contributed by atoms with Crippen LogP contribution in [0.1, 0.15) is 5.56 Å². The Hall–Kier alpha value is -3.15. The normalized spacial score (nSPS) is 11.3. The maximum absolute atomic E-state index is 12.0. The summed E-state index contributed by atoms with van der Waals surface area (Å²) in [7, 11) is 0. The fourth-order valence-electron chi connectivity index (χ4n) is 2.58. The van der Waals surface area contributed by atoms with Gasteiger partial charge in [-0.3, -0.25) is 4.79 Å². The number of furan rings is 1. The molecule has 6 heteroatoms. The largest absolute Gasteiger partial charge is 0.430 e. The van der Waals surface area contributed by atoms with Gasteiger partial charge in [-0.25, -0.2) is 14.6 Å². The highest BCUT2D eigenvalue weighted by Crippen LogP contribution is 2.29. The van der Waals surface area contributed by atoms with Crippen molar-refractivity contribution in [2.24, 2.45) is 0 Å². The molecule has 0 aliphatic rings. The molecule has 108 valence electrons. The van der Waals surface area contributed by atoms with Crippen LogP contribution in [0.25, 0.3) is 33.5 Å². The summed E-state index contributed by atoms with van der Waals surface area (Å²) in [6.45, 7) is 1.95. The number of aromatic nitrogens is 3. The highest BCUT2D eigenvalue weighted by molar-refractivity contribution is 6.03. The topological polar surface area (TPSA) is 86.9 Å². The molecule has 3 aromatic heterocycles. The molecule has 2 N–H and O–H groups in total. The molecule has 0 saturated carbocycles. The molecule has 0 spiro atoms. The number of hydrogen-bond acceptors (Lipinski definition) is 5. The van der Waals surface area contributed by atoms with Crippen molar-refractivity contribution in [1.82, 2.24) is 14.6 Å². The smallest absolute Gasteiger partial charge is 0.315 e. The average Bonchev–Trinajstić information content (AvgIpc) is 2.91. The van der Waals surface area contributed by atoms with Crippen LogP contribution in [-0.2, 0) is 0 Å². The minimum atomic E-state index is -0.427. The molecule has 0 aliphatic heterocycles. The van der Waals surface area contributed by atoms with Crippen molar-refractivity contribution in [3.63, 3.8) is 0 Å². The van der Waals surface area contributed by atoms with Crippen LogP contribution in [-0.4, -0.2) is 14.6 Å². The van der Waals surface area contributed by atoms with Crippen LogP contribution in [0.5, 0.6) is 0 Å². The van der Waals surface area contributed by atoms with E-state index in [-0.39, 0.29) is 5.58 Å². The second-order valence-corrected chi connectivity index (χ2v) is 5.11. The van der Waals surface area contributed by atoms with Crippen molar-refractivity contribution in [3.05, 3.63) is 58.6 Å². The summed E-state index contributed by atoms with van der Waals surface area (Å²) < 4.78 is 6.52. The van der Waals surface area contributed by atoms with Crippen molar-refractivity contribution < 1.29 is 4.42 Å². The van der Waals surface area contributed by atoms with Crippen molar-refractivity contribution >= 4 is 22.2 Å². The van der Waals surface area contributed by atoms with Gasteiger partial charge in [-0.15, -0.1) is 0 Å². The summed E-state index contributed by atoms with van der Waals surface area (Å²) in [4.78, 5) is 20.8. The van der Waals surface area contributed by atoms with Crippen LogP contribution in [0.3, 0.4) is 0 Å². The zero-order valence-electron chi connectivity index (χ0n) is 11.8. The number of fused-ring (bicyclic) bond motifs is 3. The number of nitrogens with zero attached hydrogens (tertiary/aromatic N) is 3. The molecule has 0 saturated heterocycles. The zero-order chi connectivity index (χ0) is 15.3. The van der Waals surface area contributed by atoms with E-state index in [9.17, 15) is 4.79 Å². The Morgan fingerprint density at radius 2 is 2.00 bits per heavy atom. The number of nitrogens with two attached hydrogens (primary N) is 1. The van der Waals surface area contributed by atoms with E-state index >= 15 is 0 Å². The quantitative estimate of drug-likeness (QED) is 0.544. The predicted molar refractivity (Wildman–Crippen MR) is 83.9 cm³/mol. The van der Waals surface area contributed by atoms with Gasteiger partial charge in [0.1, 0.15) is 11.8 Å². The van der Waals surface area contributed by atoms with E-state index in [1.165, 1.54) is 6.33 Å². The second-order valence-electron chi connectivity index (χ2n) is 5.11. The minimum absolute atomic E-state index is 0.126. The summed E-state index contributed by atoms with van der Waals surface area (Å²) in [6, 6.07) is 11.8. The van der Waals surface area contributed by atoms with Gasteiger partial charge < -0.3 is 10.3 Å². The van der Waals surface area contributed by atoms with Crippen molar-refractivity contribution in [3.8, 4) is 11.3 Å². The molecule has 4 aromatic rings. The lowest BCUT2D eigenvalue weighted by Gasteiger charge is -2.02. The van der Waals surface area contributed by atoms with Crippen molar-refractivity contribution in [1.29, 1.82) is 0 Å². The van der Waals surface area contributed by atoms with Crippen LogP contribution >= 0.6 is 0 Å². The number of nitrogen functional groups attached to an aromatic ring is 1. The first-order chi connectivity index (χ1) is 10.6. The van der Waals surface area contributed by atoms with E-state index in [4.69, 9.17) is 10.3 Å². The summed E-state index contributed by atoms with van der Waals surface area (Å²) in [5, 5.41) is 0.743. The molecule has 4 rings (SSSR count). The summed E-state index contributed by atoms with van der Waals surface area (Å²) >= 11 is 0. The number of rotatable bonds is 1. The van der Waals surface area contributed by atoms with Gasteiger partial charge in [0.05, 0.1) is 11.1 Å². The summed E-state index contributed by atoms with van der Waals surface area (Å²) in [6.07, 6.45) is 1.28. The Balaban J connectivity index is 2.09. The van der Waals surface area contributed by atoms with Gasteiger partial charge in [0.15, 0.2) is 0 Å². The van der Waals surface area contributed by atoms with Crippen LogP contribution < -0.4 is 11.4 Å². The lowest BCUT2D eigenvalue weighted by Crippen LogP contribution is -2.26. The maximum Gasteiger partial charge on any atom is 0.315 e. The minimum Gasteiger partial charge on any atom is -0.430 e. The summed E-state index contributed by atoms with van der Waals surface area (Å²) in [5.74, 6) is 5.53. The molecule has 0 bridgehead atoms. The van der Waals surface area contributed by atoms with E-state index in [1.807, 2.05) is 43.3 Å². The van der Waals surface area contributed by atoms with Crippen LogP contribution in [0.15, 0.2) is 51.9 Å². The molecule has 0 amide bonds. The van der Waals surface area contributed by atoms with E-state index in [0.717, 1.165) is 26.9 Å². The van der Waals surface area contributed by atoms with Crippen molar-refractivity contribution in [2.75, 3.05) is 5.84 Å². The third-order valence-corrected chi connectivity index (χ3v) is 3.64. The van der Waals surface area contributed by atoms with Gasteiger partial charge in [0.25, 0.3) is 0 Å². The molecule has 0 atom stereocenters. The lowest BCUT2D eigenvalue weighted by molar-refractivity contribution is 0.642. The van der Waals surface area contributed by atoms with Gasteiger partial charge >= 0.3 is 5.56 Å². The number of aryl methyl sites for hydroxylation is 1. The van der Waals surface area contributed by atoms with Crippen LogP contribution in [0.4, 0.5) is 0 Å². The molecular weight excluding hydrogens is 280 g/mol. The third-order valence-electron chi connectivity index (χ3n) is 3.64. The standard InChI is InChI=1S/C16H12N4O2/c1-9-7-11(10-5-3-2-4-6-10)19-15-12(9)13-14(22-15)16(21)20(17)8-18-13/h2-8H,17H2,1H3. The number of benzene rings is 1. The first-order valence-electron chi connectivity index (χ1n) is 6.77. The van der Waals surface area contributed by atoms with Crippen LogP contribution in [0.2, 0.25) is 0 Å². The molecule has 22 heavy (non-hydrogen) atoms. The Morgan fingerprint density at radius 1 is 1.23 bits per heavy atom. The zero-order valence-corrected chi connectivity index (χ0v) is 11.8. The Bertz CT molecular complexity index is 1060. The fourth-order valence-corrected chi connectivity index (χ4v) is 2.58. The van der Waals surface area contributed by atoms with Crippen LogP contribution in [0, 0.1) is 6.92 Å². The molecule has 0 fully saturated rings. The Morgan fingerprint density at radius 3 is 2.77 bits per heavy atom. The van der Waals surface area contributed by atoms with Gasteiger partial charge in [-0.05, 0) is 18.6 Å². The summed E-state index contributed by atoms with van der Waals surface area (Å²) in [5.41, 5.74) is 3.31. The van der Waals surface area contributed by atoms with Crippen molar-refractivity contribution in [2.45, 2.75) is 6.92 Å². The Kier molecular flexibility index (Phi) is 2.53. The Labute approximate surface area is 124 Å². The molecule has 1 aromatic carbocycles. The third kappa shape index (κ3) is 1.70. The molecule has 0 unspecified atom stereocenters. The first kappa shape index (κ1) is 12.6. The van der Waals surface area contributed by atoms with E-state index in [2.05, 4.69) is 9.97 Å². The highest BCUT2D eigenvalue weighted by atomic mass is 16.3. The maximum atomic E-state index is 12.0. The number of hydrogen-bond donors (Lipinski definition) is 1. The molecule has 0 aliphatic carbocycles. The molecular formula is C16H12N4O2. The molecule has 3 heterocycles. The molecule has 0 radical (unpaired) electrons. The van der Waals surface area contributed by atoms with E-state index < -0.39 is 5.56 Å². The monoisotopic (exact) mass is 292 g/mol. The van der Waals surface area contributed by atoms with E-state index in [0.29, 0.717) is 11.2 Å². The predicted octanol–water partition coefficient (Wildman–Crippen LogP) is 2.23.